The zero-order valence-corrected chi connectivity index (χ0v) is 10.2. The maximum Gasteiger partial charge on any atom is 0.297 e. The molecule has 1 amide bonds. The standard InChI is InChI=1S/C8H5BrN6O3/c9-5-2-1-4(3-6(5)15(17)18)10-8(16)7-11-13-14-12-7/h1-3H,(H,10,16)(H,11,12,13,14). The second-order valence-electron chi connectivity index (χ2n) is 3.11. The van der Waals surface area contributed by atoms with E-state index in [0.717, 1.165) is 0 Å². The fourth-order valence-corrected chi connectivity index (χ4v) is 1.57. The maximum atomic E-state index is 11.6. The van der Waals surface area contributed by atoms with E-state index in [0.29, 0.717) is 4.47 Å². The summed E-state index contributed by atoms with van der Waals surface area (Å²) in [7, 11) is 0. The van der Waals surface area contributed by atoms with Crippen molar-refractivity contribution in [3.63, 3.8) is 0 Å². The number of carbonyl (C=O) groups is 1. The molecule has 1 aromatic carbocycles. The van der Waals surface area contributed by atoms with E-state index in [1.807, 2.05) is 0 Å². The van der Waals surface area contributed by atoms with Crippen molar-refractivity contribution in [2.45, 2.75) is 0 Å². The lowest BCUT2D eigenvalue weighted by molar-refractivity contribution is -0.385. The van der Waals surface area contributed by atoms with Gasteiger partial charge < -0.3 is 5.32 Å². The zero-order chi connectivity index (χ0) is 13.1. The highest BCUT2D eigenvalue weighted by Crippen LogP contribution is 2.27. The summed E-state index contributed by atoms with van der Waals surface area (Å²) in [4.78, 5) is 21.7. The Balaban J connectivity index is 2.22. The molecule has 0 saturated carbocycles. The first-order valence-electron chi connectivity index (χ1n) is 4.56. The SMILES string of the molecule is O=C(Nc1ccc(Br)c([N+](=O)[O-])c1)c1nn[nH]n1. The number of carbonyl (C=O) groups excluding carboxylic acids is 1. The van der Waals surface area contributed by atoms with E-state index in [4.69, 9.17) is 0 Å². The van der Waals surface area contributed by atoms with Crippen molar-refractivity contribution in [3.8, 4) is 0 Å². The van der Waals surface area contributed by atoms with Crippen LogP contribution in [0.15, 0.2) is 22.7 Å². The Morgan fingerprint density at radius 1 is 1.50 bits per heavy atom. The van der Waals surface area contributed by atoms with Crippen molar-refractivity contribution in [1.82, 2.24) is 20.6 Å². The summed E-state index contributed by atoms with van der Waals surface area (Å²) < 4.78 is 0.324. The molecule has 0 atom stereocenters. The molecular formula is C8H5BrN6O3. The number of aromatic nitrogens is 4. The molecule has 92 valence electrons. The number of anilines is 1. The van der Waals surface area contributed by atoms with Crippen LogP contribution in [0, 0.1) is 10.1 Å². The molecule has 0 aliphatic carbocycles. The number of nitro groups is 1. The first-order chi connectivity index (χ1) is 8.58. The molecule has 2 rings (SSSR count). The topological polar surface area (TPSA) is 127 Å². The number of H-pyrrole nitrogens is 1. The number of nitrogens with zero attached hydrogens (tertiary/aromatic N) is 4. The van der Waals surface area contributed by atoms with Crippen LogP contribution in [0.2, 0.25) is 0 Å². The predicted octanol–water partition coefficient (Wildman–Crippen LogP) is 1.12. The van der Waals surface area contributed by atoms with Gasteiger partial charge in [0.05, 0.1) is 9.40 Å². The lowest BCUT2D eigenvalue weighted by Crippen LogP contribution is -2.14. The van der Waals surface area contributed by atoms with Crippen molar-refractivity contribution in [3.05, 3.63) is 38.6 Å². The van der Waals surface area contributed by atoms with Crippen molar-refractivity contribution in [2.75, 3.05) is 5.32 Å². The Morgan fingerprint density at radius 3 is 2.89 bits per heavy atom. The summed E-state index contributed by atoms with van der Waals surface area (Å²) in [6.07, 6.45) is 0. The van der Waals surface area contributed by atoms with Crippen LogP contribution in [-0.4, -0.2) is 31.5 Å². The monoisotopic (exact) mass is 312 g/mol. The lowest BCUT2D eigenvalue weighted by Gasteiger charge is -2.02. The van der Waals surface area contributed by atoms with Gasteiger partial charge in [0, 0.05) is 11.8 Å². The summed E-state index contributed by atoms with van der Waals surface area (Å²) in [5.41, 5.74) is 0.112. The fraction of sp³-hybridized carbons (Fsp3) is 0. The van der Waals surface area contributed by atoms with Crippen molar-refractivity contribution in [2.24, 2.45) is 0 Å². The summed E-state index contributed by atoms with van der Waals surface area (Å²) in [5, 5.41) is 25.5. The van der Waals surface area contributed by atoms with Crippen LogP contribution < -0.4 is 5.32 Å². The van der Waals surface area contributed by atoms with Crippen molar-refractivity contribution in [1.29, 1.82) is 0 Å². The molecule has 10 heteroatoms. The molecule has 0 spiro atoms. The minimum absolute atomic E-state index is 0.152. The summed E-state index contributed by atoms with van der Waals surface area (Å²) in [6.45, 7) is 0. The Labute approximate surface area is 108 Å². The molecule has 1 heterocycles. The average molecular weight is 313 g/mol. The van der Waals surface area contributed by atoms with Gasteiger partial charge in [0.2, 0.25) is 0 Å². The van der Waals surface area contributed by atoms with Crippen LogP contribution in [0.25, 0.3) is 0 Å². The number of hydrogen-bond donors (Lipinski definition) is 2. The lowest BCUT2D eigenvalue weighted by atomic mass is 10.3. The molecular weight excluding hydrogens is 308 g/mol. The van der Waals surface area contributed by atoms with Gasteiger partial charge in [-0.15, -0.1) is 10.2 Å². The van der Waals surface area contributed by atoms with Gasteiger partial charge in [0.25, 0.3) is 17.4 Å². The van der Waals surface area contributed by atoms with Gasteiger partial charge in [0.15, 0.2) is 0 Å². The van der Waals surface area contributed by atoms with Crippen LogP contribution in [0.3, 0.4) is 0 Å². The third-order valence-corrected chi connectivity index (χ3v) is 2.62. The third-order valence-electron chi connectivity index (χ3n) is 1.95. The van der Waals surface area contributed by atoms with Crippen molar-refractivity contribution >= 4 is 33.2 Å². The number of halogens is 1. The van der Waals surface area contributed by atoms with Crippen LogP contribution in [0.5, 0.6) is 0 Å². The molecule has 2 N–H and O–H groups in total. The van der Waals surface area contributed by atoms with Crippen LogP contribution in [0.1, 0.15) is 10.6 Å². The van der Waals surface area contributed by atoms with Gasteiger partial charge in [-0.25, -0.2) is 0 Å². The molecule has 0 fully saturated rings. The first kappa shape index (κ1) is 12.1. The molecule has 0 aliphatic rings. The highest BCUT2D eigenvalue weighted by atomic mass is 79.9. The molecule has 0 bridgehead atoms. The number of hydrogen-bond acceptors (Lipinski definition) is 6. The molecule has 9 nitrogen and oxygen atoms in total. The largest absolute Gasteiger partial charge is 0.319 e. The van der Waals surface area contributed by atoms with E-state index in [-0.39, 0.29) is 17.2 Å². The Kier molecular flexibility index (Phi) is 3.28. The minimum Gasteiger partial charge on any atom is -0.319 e. The fourth-order valence-electron chi connectivity index (χ4n) is 1.18. The normalized spacial score (nSPS) is 10.1. The molecule has 18 heavy (non-hydrogen) atoms. The quantitative estimate of drug-likeness (QED) is 0.646. The molecule has 0 unspecified atom stereocenters. The Morgan fingerprint density at radius 2 is 2.28 bits per heavy atom. The smallest absolute Gasteiger partial charge is 0.297 e. The minimum atomic E-state index is -0.611. The van der Waals surface area contributed by atoms with Gasteiger partial charge in [-0.2, -0.15) is 5.21 Å². The highest BCUT2D eigenvalue weighted by Gasteiger charge is 2.15. The Bertz CT molecular complexity index is 599. The summed E-state index contributed by atoms with van der Waals surface area (Å²) in [6, 6.07) is 4.20. The number of rotatable bonds is 3. The highest BCUT2D eigenvalue weighted by molar-refractivity contribution is 9.10. The van der Waals surface area contributed by atoms with Gasteiger partial charge >= 0.3 is 0 Å². The zero-order valence-electron chi connectivity index (χ0n) is 8.62. The molecule has 2 aromatic rings. The van der Waals surface area contributed by atoms with Crippen molar-refractivity contribution < 1.29 is 9.72 Å². The molecule has 0 aliphatic heterocycles. The van der Waals surface area contributed by atoms with Crippen LogP contribution in [0.4, 0.5) is 11.4 Å². The number of amides is 1. The molecule has 1 aromatic heterocycles. The molecule has 0 saturated heterocycles. The third kappa shape index (κ3) is 2.48. The summed E-state index contributed by atoms with van der Waals surface area (Å²) >= 11 is 3.04. The van der Waals surface area contributed by atoms with E-state index in [9.17, 15) is 14.9 Å². The Hall–Kier alpha value is -2.36. The molecule has 0 radical (unpaired) electrons. The number of tetrazole rings is 1. The number of aromatic amines is 1. The van der Waals surface area contributed by atoms with E-state index >= 15 is 0 Å². The van der Waals surface area contributed by atoms with Gasteiger partial charge in [-0.05, 0) is 33.3 Å². The van der Waals surface area contributed by atoms with Gasteiger partial charge in [-0.1, -0.05) is 0 Å². The van der Waals surface area contributed by atoms with Crippen LogP contribution in [-0.2, 0) is 0 Å². The second-order valence-corrected chi connectivity index (χ2v) is 3.97. The average Bonchev–Trinajstić information content (AvgIpc) is 2.85. The van der Waals surface area contributed by atoms with Gasteiger partial charge in [-0.3, -0.25) is 14.9 Å². The second kappa shape index (κ2) is 4.87. The van der Waals surface area contributed by atoms with E-state index in [1.165, 1.54) is 18.2 Å². The number of nitrogens with one attached hydrogen (secondary N) is 2. The maximum absolute atomic E-state index is 11.6. The van der Waals surface area contributed by atoms with Crippen LogP contribution >= 0.6 is 15.9 Å². The summed E-state index contributed by atoms with van der Waals surface area (Å²) in [5.74, 6) is -0.763. The van der Waals surface area contributed by atoms with E-state index < -0.39 is 10.8 Å². The predicted molar refractivity (Wildman–Crippen MR) is 62.9 cm³/mol. The number of benzene rings is 1. The van der Waals surface area contributed by atoms with E-state index in [2.05, 4.69) is 41.9 Å². The first-order valence-corrected chi connectivity index (χ1v) is 5.36. The number of nitro benzene ring substituents is 1. The van der Waals surface area contributed by atoms with E-state index in [1.54, 1.807) is 0 Å². The van der Waals surface area contributed by atoms with Gasteiger partial charge in [0.1, 0.15) is 0 Å².